The van der Waals surface area contributed by atoms with Crippen LogP contribution in [0.1, 0.15) is 24.2 Å². The molecule has 1 aromatic rings. The zero-order valence-corrected chi connectivity index (χ0v) is 9.45. The van der Waals surface area contributed by atoms with Gasteiger partial charge in [-0.2, -0.15) is 0 Å². The van der Waals surface area contributed by atoms with Crippen LogP contribution >= 0.6 is 0 Å². The van der Waals surface area contributed by atoms with Crippen LogP contribution in [0, 0.1) is 0 Å². The molecule has 0 aliphatic rings. The number of ether oxygens (including phenoxy) is 1. The number of carbonyl (C=O) groups excluding carboxylic acids is 2. The number of ketones is 1. The zero-order valence-electron chi connectivity index (χ0n) is 9.45. The normalized spacial score (nSPS) is 9.62. The van der Waals surface area contributed by atoms with E-state index in [2.05, 4.69) is 5.32 Å². The summed E-state index contributed by atoms with van der Waals surface area (Å²) in [5.41, 5.74) is 0.370. The van der Waals surface area contributed by atoms with E-state index >= 15 is 0 Å². The summed E-state index contributed by atoms with van der Waals surface area (Å²) in [6.45, 7) is 4.67. The third-order valence-electron chi connectivity index (χ3n) is 1.97. The first kappa shape index (κ1) is 12.2. The topological polar surface area (TPSA) is 55.4 Å². The van der Waals surface area contributed by atoms with Gasteiger partial charge in [-0.25, -0.2) is 0 Å². The van der Waals surface area contributed by atoms with Crippen LogP contribution in [0.4, 0.5) is 0 Å². The Hall–Kier alpha value is -1.84. The summed E-state index contributed by atoms with van der Waals surface area (Å²) >= 11 is 0. The third kappa shape index (κ3) is 3.08. The molecule has 0 atom stereocenters. The third-order valence-corrected chi connectivity index (χ3v) is 1.97. The molecule has 1 amide bonds. The van der Waals surface area contributed by atoms with Gasteiger partial charge in [-0.3, -0.25) is 9.59 Å². The Bertz CT molecular complexity index is 370. The average Bonchev–Trinajstić information content (AvgIpc) is 2.30. The van der Waals surface area contributed by atoms with Gasteiger partial charge in [0.2, 0.25) is 5.78 Å². The summed E-state index contributed by atoms with van der Waals surface area (Å²) in [6, 6.07) is 6.52. The molecule has 16 heavy (non-hydrogen) atoms. The number of rotatable bonds is 5. The van der Waals surface area contributed by atoms with Crippen molar-refractivity contribution in [1.82, 2.24) is 5.32 Å². The molecule has 0 saturated carbocycles. The number of hydrogen-bond acceptors (Lipinski definition) is 3. The summed E-state index contributed by atoms with van der Waals surface area (Å²) in [5.74, 6) is -0.411. The molecule has 0 saturated heterocycles. The summed E-state index contributed by atoms with van der Waals surface area (Å²) < 4.78 is 5.24. The highest BCUT2D eigenvalue weighted by Crippen LogP contribution is 2.12. The molecule has 4 heteroatoms. The largest absolute Gasteiger partial charge is 0.494 e. The number of likely N-dealkylation sites (N-methyl/N-ethyl adjacent to an activating group) is 1. The summed E-state index contributed by atoms with van der Waals surface area (Å²) in [5, 5.41) is 2.46. The lowest BCUT2D eigenvalue weighted by Gasteiger charge is -2.04. The fraction of sp³-hybridized carbons (Fsp3) is 0.333. The molecule has 1 rings (SSSR count). The van der Waals surface area contributed by atoms with Gasteiger partial charge in [0.1, 0.15) is 5.75 Å². The number of amides is 1. The molecule has 86 valence electrons. The molecule has 0 aromatic heterocycles. The van der Waals surface area contributed by atoms with Crippen LogP contribution in [0.25, 0.3) is 0 Å². The maximum atomic E-state index is 11.6. The van der Waals surface area contributed by atoms with Crippen molar-refractivity contribution in [2.24, 2.45) is 0 Å². The van der Waals surface area contributed by atoms with E-state index in [4.69, 9.17) is 4.74 Å². The molecular formula is C12H15NO3. The molecule has 0 heterocycles. The molecule has 1 N–H and O–H groups in total. The van der Waals surface area contributed by atoms with Crippen LogP contribution in [0.15, 0.2) is 24.3 Å². The fourth-order valence-corrected chi connectivity index (χ4v) is 1.24. The molecule has 0 radical (unpaired) electrons. The number of nitrogens with one attached hydrogen (secondary N) is 1. The van der Waals surface area contributed by atoms with Crippen molar-refractivity contribution in [3.05, 3.63) is 29.8 Å². The summed E-state index contributed by atoms with van der Waals surface area (Å²) in [4.78, 5) is 22.8. The number of carbonyl (C=O) groups is 2. The molecular weight excluding hydrogens is 206 g/mol. The van der Waals surface area contributed by atoms with Crippen molar-refractivity contribution in [2.45, 2.75) is 13.8 Å². The highest BCUT2D eigenvalue weighted by Gasteiger charge is 2.14. The van der Waals surface area contributed by atoms with Crippen LogP contribution in [0.5, 0.6) is 5.75 Å². The Morgan fingerprint density at radius 3 is 2.31 bits per heavy atom. The van der Waals surface area contributed by atoms with Crippen molar-refractivity contribution >= 4 is 11.7 Å². The standard InChI is InChI=1S/C12H15NO3/c1-3-13-12(15)11(14)9-5-7-10(8-6-9)16-4-2/h5-8H,3-4H2,1-2H3,(H,13,15). The molecule has 0 aliphatic carbocycles. The van der Waals surface area contributed by atoms with E-state index in [-0.39, 0.29) is 0 Å². The van der Waals surface area contributed by atoms with Crippen molar-refractivity contribution in [1.29, 1.82) is 0 Å². The van der Waals surface area contributed by atoms with E-state index in [0.717, 1.165) is 0 Å². The Balaban J connectivity index is 2.73. The number of Topliss-reactive ketones (excluding diaryl/α,β-unsaturated/α-hetero) is 1. The van der Waals surface area contributed by atoms with Gasteiger partial charge in [0, 0.05) is 12.1 Å². The predicted molar refractivity (Wildman–Crippen MR) is 60.6 cm³/mol. The van der Waals surface area contributed by atoms with E-state index in [1.54, 1.807) is 31.2 Å². The van der Waals surface area contributed by atoms with Gasteiger partial charge in [0.15, 0.2) is 0 Å². The Kier molecular flexibility index (Phi) is 4.51. The second-order valence-corrected chi connectivity index (χ2v) is 3.15. The van der Waals surface area contributed by atoms with Gasteiger partial charge in [-0.1, -0.05) is 0 Å². The fourth-order valence-electron chi connectivity index (χ4n) is 1.24. The first-order valence-electron chi connectivity index (χ1n) is 5.24. The molecule has 0 spiro atoms. The van der Waals surface area contributed by atoms with Gasteiger partial charge < -0.3 is 10.1 Å². The van der Waals surface area contributed by atoms with Crippen LogP contribution in [0.2, 0.25) is 0 Å². The number of hydrogen-bond donors (Lipinski definition) is 1. The maximum absolute atomic E-state index is 11.6. The lowest BCUT2D eigenvalue weighted by Crippen LogP contribution is -2.30. The smallest absolute Gasteiger partial charge is 0.292 e. The highest BCUT2D eigenvalue weighted by atomic mass is 16.5. The van der Waals surface area contributed by atoms with E-state index in [0.29, 0.717) is 24.5 Å². The zero-order chi connectivity index (χ0) is 12.0. The molecule has 0 aliphatic heterocycles. The van der Waals surface area contributed by atoms with Gasteiger partial charge in [0.25, 0.3) is 5.91 Å². The van der Waals surface area contributed by atoms with Gasteiger partial charge in [-0.05, 0) is 38.1 Å². The van der Waals surface area contributed by atoms with E-state index in [1.807, 2.05) is 6.92 Å². The predicted octanol–water partition coefficient (Wildman–Crippen LogP) is 1.40. The Morgan fingerprint density at radius 2 is 1.81 bits per heavy atom. The van der Waals surface area contributed by atoms with Gasteiger partial charge >= 0.3 is 0 Å². The molecule has 0 unspecified atom stereocenters. The first-order valence-corrected chi connectivity index (χ1v) is 5.24. The van der Waals surface area contributed by atoms with Gasteiger partial charge in [0.05, 0.1) is 6.61 Å². The van der Waals surface area contributed by atoms with Crippen molar-refractivity contribution in [3.63, 3.8) is 0 Å². The average molecular weight is 221 g/mol. The van der Waals surface area contributed by atoms with Crippen LogP contribution in [0.3, 0.4) is 0 Å². The van der Waals surface area contributed by atoms with Crippen molar-refractivity contribution < 1.29 is 14.3 Å². The van der Waals surface area contributed by atoms with E-state index in [1.165, 1.54) is 0 Å². The minimum absolute atomic E-state index is 0.370. The molecule has 4 nitrogen and oxygen atoms in total. The minimum Gasteiger partial charge on any atom is -0.494 e. The van der Waals surface area contributed by atoms with E-state index < -0.39 is 11.7 Å². The summed E-state index contributed by atoms with van der Waals surface area (Å²) in [7, 11) is 0. The lowest BCUT2D eigenvalue weighted by molar-refractivity contribution is -0.116. The SMILES string of the molecule is CCNC(=O)C(=O)c1ccc(OCC)cc1. The summed E-state index contributed by atoms with van der Waals surface area (Å²) in [6.07, 6.45) is 0. The first-order chi connectivity index (χ1) is 7.69. The monoisotopic (exact) mass is 221 g/mol. The Labute approximate surface area is 94.6 Å². The Morgan fingerprint density at radius 1 is 1.19 bits per heavy atom. The molecule has 0 bridgehead atoms. The quantitative estimate of drug-likeness (QED) is 0.604. The maximum Gasteiger partial charge on any atom is 0.292 e. The van der Waals surface area contributed by atoms with Crippen molar-refractivity contribution in [3.8, 4) is 5.75 Å². The van der Waals surface area contributed by atoms with Gasteiger partial charge in [-0.15, -0.1) is 0 Å². The number of benzene rings is 1. The second kappa shape index (κ2) is 5.90. The second-order valence-electron chi connectivity index (χ2n) is 3.15. The van der Waals surface area contributed by atoms with E-state index in [9.17, 15) is 9.59 Å². The van der Waals surface area contributed by atoms with Crippen molar-refractivity contribution in [2.75, 3.05) is 13.2 Å². The molecule has 0 fully saturated rings. The lowest BCUT2D eigenvalue weighted by atomic mass is 10.1. The minimum atomic E-state index is -0.577. The van der Waals surface area contributed by atoms with Crippen LogP contribution < -0.4 is 10.1 Å². The van der Waals surface area contributed by atoms with Crippen LogP contribution in [-0.2, 0) is 4.79 Å². The highest BCUT2D eigenvalue weighted by molar-refractivity contribution is 6.42. The molecule has 1 aromatic carbocycles. The van der Waals surface area contributed by atoms with Crippen LogP contribution in [-0.4, -0.2) is 24.8 Å².